The number of nitrogens with one attached hydrogen (secondary N) is 1. The zero-order valence-electron chi connectivity index (χ0n) is 22.4. The van der Waals surface area contributed by atoms with E-state index >= 15 is 0 Å². The van der Waals surface area contributed by atoms with Crippen molar-refractivity contribution in [1.29, 1.82) is 0 Å². The summed E-state index contributed by atoms with van der Waals surface area (Å²) in [6.45, 7) is 2.07. The minimum atomic E-state index is -0.791. The largest absolute Gasteiger partial charge is 0.351 e. The first-order valence-electron chi connectivity index (χ1n) is 12.9. The molecule has 0 aliphatic rings. The van der Waals surface area contributed by atoms with E-state index in [4.69, 9.17) is 5.73 Å². The molecule has 0 unspecified atom stereocenters. The molecule has 5 aromatic rings. The van der Waals surface area contributed by atoms with Gasteiger partial charge in [-0.25, -0.2) is 22.9 Å². The molecule has 0 radical (unpaired) electrons. The van der Waals surface area contributed by atoms with E-state index in [-0.39, 0.29) is 17.5 Å². The lowest BCUT2D eigenvalue weighted by atomic mass is 10.1. The number of primary amides is 1. The molecule has 11 heteroatoms. The van der Waals surface area contributed by atoms with E-state index in [0.717, 1.165) is 22.3 Å². The third-order valence-electron chi connectivity index (χ3n) is 6.84. The van der Waals surface area contributed by atoms with Crippen molar-refractivity contribution >= 4 is 33.3 Å². The zero-order chi connectivity index (χ0) is 29.3. The second-order valence-electron chi connectivity index (χ2n) is 9.29. The molecule has 2 aromatic heterocycles. The number of hydrogen-bond acceptors (Lipinski definition) is 5. The molecule has 5 rings (SSSR count). The van der Waals surface area contributed by atoms with Crippen LogP contribution in [0.5, 0.6) is 0 Å². The van der Waals surface area contributed by atoms with Gasteiger partial charge in [0.25, 0.3) is 5.56 Å². The molecule has 0 atom stereocenters. The third-order valence-corrected chi connectivity index (χ3v) is 8.15. The summed E-state index contributed by atoms with van der Waals surface area (Å²) < 4.78 is 31.8. The Labute approximate surface area is 237 Å². The van der Waals surface area contributed by atoms with E-state index in [0.29, 0.717) is 33.2 Å². The number of halogens is 2. The summed E-state index contributed by atoms with van der Waals surface area (Å²) in [7, 11) is 1.74. The van der Waals surface area contributed by atoms with Crippen LogP contribution in [-0.4, -0.2) is 28.8 Å². The Morgan fingerprint density at radius 3 is 2.20 bits per heavy atom. The summed E-state index contributed by atoms with van der Waals surface area (Å²) in [5.74, 6) is -1.58. The number of carbonyl (C=O) groups is 1. The van der Waals surface area contributed by atoms with Crippen LogP contribution >= 0.6 is 11.3 Å². The maximum absolute atomic E-state index is 14.8. The van der Waals surface area contributed by atoms with E-state index in [1.54, 1.807) is 61.6 Å². The lowest BCUT2D eigenvalue weighted by molar-refractivity contribution is 0.254. The fourth-order valence-electron chi connectivity index (χ4n) is 4.89. The Hall–Kier alpha value is -4.61. The van der Waals surface area contributed by atoms with Gasteiger partial charge < -0.3 is 11.1 Å². The number of amides is 2. The number of para-hydroxylation sites is 1. The molecule has 0 bridgehead atoms. The lowest BCUT2D eigenvalue weighted by Gasteiger charge is -2.18. The van der Waals surface area contributed by atoms with E-state index in [1.165, 1.54) is 26.9 Å². The van der Waals surface area contributed by atoms with E-state index in [1.807, 2.05) is 6.92 Å². The maximum atomic E-state index is 14.8. The summed E-state index contributed by atoms with van der Waals surface area (Å²) in [6.07, 6.45) is 0. The van der Waals surface area contributed by atoms with Gasteiger partial charge in [-0.2, -0.15) is 0 Å². The molecule has 0 saturated heterocycles. The van der Waals surface area contributed by atoms with Crippen molar-refractivity contribution < 1.29 is 13.6 Å². The molecular weight excluding hydrogens is 548 g/mol. The van der Waals surface area contributed by atoms with Crippen molar-refractivity contribution in [1.82, 2.24) is 14.5 Å². The maximum Gasteiger partial charge on any atom is 0.337 e. The lowest BCUT2D eigenvalue weighted by Crippen LogP contribution is -2.39. The SMILES string of the molecule is CCN(C(N)=O)c1ccc(-c2sc3c(c2CNC)c(=O)n(-c2ccccc2)c(=O)n3Cc2c(F)cccc2F)cc1. The fraction of sp³-hybridized carbons (Fsp3) is 0.167. The van der Waals surface area contributed by atoms with Crippen molar-refractivity contribution in [3.8, 4) is 16.1 Å². The minimum absolute atomic E-state index is 0.274. The van der Waals surface area contributed by atoms with Crippen molar-refractivity contribution in [2.45, 2.75) is 20.0 Å². The van der Waals surface area contributed by atoms with Crippen LogP contribution in [0, 0.1) is 11.6 Å². The smallest absolute Gasteiger partial charge is 0.337 e. The highest BCUT2D eigenvalue weighted by Gasteiger charge is 2.25. The molecule has 0 fully saturated rings. The quantitative estimate of drug-likeness (QED) is 0.277. The molecule has 0 spiro atoms. The number of benzene rings is 3. The van der Waals surface area contributed by atoms with E-state index < -0.39 is 35.5 Å². The molecular formula is C30H27F2N5O3S. The highest BCUT2D eigenvalue weighted by Crippen LogP contribution is 2.38. The number of fused-ring (bicyclic) bond motifs is 1. The highest BCUT2D eigenvalue weighted by molar-refractivity contribution is 7.22. The number of hydrogen-bond donors (Lipinski definition) is 2. The predicted molar refractivity (Wildman–Crippen MR) is 158 cm³/mol. The van der Waals surface area contributed by atoms with Crippen LogP contribution < -0.4 is 27.2 Å². The highest BCUT2D eigenvalue weighted by atomic mass is 32.1. The molecule has 3 aromatic carbocycles. The minimum Gasteiger partial charge on any atom is -0.351 e. The van der Waals surface area contributed by atoms with Gasteiger partial charge in [-0.3, -0.25) is 14.3 Å². The monoisotopic (exact) mass is 575 g/mol. The second kappa shape index (κ2) is 11.5. The van der Waals surface area contributed by atoms with Gasteiger partial charge in [0.2, 0.25) is 0 Å². The van der Waals surface area contributed by atoms with Gasteiger partial charge in [0.15, 0.2) is 0 Å². The third kappa shape index (κ3) is 5.05. The first kappa shape index (κ1) is 27.9. The van der Waals surface area contributed by atoms with Crippen molar-refractivity contribution in [2.75, 3.05) is 18.5 Å². The molecule has 210 valence electrons. The standard InChI is InChI=1S/C30H27F2N5O3S/c1-3-35(29(33)39)19-14-12-18(13-15-19)26-21(16-34-2)25-27(38)37(20-8-5-4-6-9-20)30(40)36(28(25)41-26)17-22-23(31)10-7-11-24(22)32/h4-15,34H,3,16-17H2,1-2H3,(H2,33,39). The Bertz CT molecular complexity index is 1840. The van der Waals surface area contributed by atoms with Gasteiger partial charge in [-0.05, 0) is 61.5 Å². The zero-order valence-corrected chi connectivity index (χ0v) is 23.2. The Kier molecular flexibility index (Phi) is 7.82. The number of anilines is 1. The number of nitrogens with two attached hydrogens (primary N) is 1. The molecule has 0 saturated carbocycles. The number of urea groups is 1. The van der Waals surface area contributed by atoms with Crippen molar-refractivity contribution in [3.63, 3.8) is 0 Å². The topological polar surface area (TPSA) is 102 Å². The summed E-state index contributed by atoms with van der Waals surface area (Å²) in [5.41, 5.74) is 6.29. The normalized spacial score (nSPS) is 11.2. The fourth-order valence-corrected chi connectivity index (χ4v) is 6.20. The average molecular weight is 576 g/mol. The number of nitrogens with zero attached hydrogens (tertiary/aromatic N) is 3. The number of carbonyl (C=O) groups excluding carboxylic acids is 1. The molecule has 0 aliphatic carbocycles. The number of thiophene rings is 1. The summed E-state index contributed by atoms with van der Waals surface area (Å²) in [6, 6.07) is 18.5. The molecule has 41 heavy (non-hydrogen) atoms. The Morgan fingerprint density at radius 1 is 0.951 bits per heavy atom. The van der Waals surface area contributed by atoms with Crippen LogP contribution in [0.1, 0.15) is 18.1 Å². The van der Waals surface area contributed by atoms with Crippen molar-refractivity contribution in [2.24, 2.45) is 5.73 Å². The van der Waals surface area contributed by atoms with E-state index in [2.05, 4.69) is 5.32 Å². The molecule has 2 amide bonds. The Morgan fingerprint density at radius 2 is 1.61 bits per heavy atom. The molecule has 3 N–H and O–H groups in total. The van der Waals surface area contributed by atoms with E-state index in [9.17, 15) is 23.2 Å². The number of aromatic nitrogens is 2. The summed E-state index contributed by atoms with van der Waals surface area (Å²) in [5, 5.41) is 3.37. The number of rotatable bonds is 8. The van der Waals surface area contributed by atoms with Gasteiger partial charge in [0.05, 0.1) is 17.6 Å². The van der Waals surface area contributed by atoms with Gasteiger partial charge >= 0.3 is 11.7 Å². The van der Waals surface area contributed by atoms with Gasteiger partial charge in [-0.15, -0.1) is 11.3 Å². The van der Waals surface area contributed by atoms with Crippen LogP contribution in [0.4, 0.5) is 19.3 Å². The molecule has 2 heterocycles. The van der Waals surface area contributed by atoms with Crippen LogP contribution in [-0.2, 0) is 13.1 Å². The molecule has 8 nitrogen and oxygen atoms in total. The average Bonchev–Trinajstić information content (AvgIpc) is 3.33. The first-order valence-corrected chi connectivity index (χ1v) is 13.7. The summed E-state index contributed by atoms with van der Waals surface area (Å²) >= 11 is 1.19. The van der Waals surface area contributed by atoms with Crippen LogP contribution in [0.2, 0.25) is 0 Å². The predicted octanol–water partition coefficient (Wildman–Crippen LogP) is 4.83. The van der Waals surface area contributed by atoms with Crippen LogP contribution in [0.25, 0.3) is 26.3 Å². The Balaban J connectivity index is 1.81. The van der Waals surface area contributed by atoms with Crippen LogP contribution in [0.15, 0.2) is 82.4 Å². The van der Waals surface area contributed by atoms with Gasteiger partial charge in [0, 0.05) is 29.2 Å². The summed E-state index contributed by atoms with van der Waals surface area (Å²) in [4.78, 5) is 42.1. The first-order chi connectivity index (χ1) is 19.8. The second-order valence-corrected chi connectivity index (χ2v) is 10.3. The van der Waals surface area contributed by atoms with Gasteiger partial charge in [0.1, 0.15) is 16.5 Å². The molecule has 0 aliphatic heterocycles. The van der Waals surface area contributed by atoms with Crippen LogP contribution in [0.3, 0.4) is 0 Å². The van der Waals surface area contributed by atoms with Gasteiger partial charge in [-0.1, -0.05) is 36.4 Å². The van der Waals surface area contributed by atoms with Crippen molar-refractivity contribution in [3.05, 3.63) is 116 Å².